The van der Waals surface area contributed by atoms with Gasteiger partial charge in [-0.15, -0.1) is 5.10 Å². The number of aliphatic carboxylic acids is 1. The summed E-state index contributed by atoms with van der Waals surface area (Å²) < 4.78 is 6.81. The molecule has 0 atom stereocenters. The number of aromatic nitrogens is 3. The van der Waals surface area contributed by atoms with Crippen LogP contribution in [0.1, 0.15) is 11.1 Å². The number of rotatable bonds is 8. The van der Waals surface area contributed by atoms with Gasteiger partial charge in [-0.1, -0.05) is 51.8 Å². The van der Waals surface area contributed by atoms with E-state index >= 15 is 0 Å². The molecule has 9 heteroatoms. The Bertz CT molecular complexity index is 1270. The van der Waals surface area contributed by atoms with E-state index in [2.05, 4.69) is 31.1 Å². The maximum Gasteiger partial charge on any atom is 0.342 e. The molecule has 1 aromatic heterocycles. The molecule has 166 valence electrons. The van der Waals surface area contributed by atoms with E-state index in [-0.39, 0.29) is 4.91 Å². The minimum absolute atomic E-state index is 0.0974. The Balaban J connectivity index is 1.43. The number of carbonyl (C=O) groups is 1. The first-order valence-electron chi connectivity index (χ1n) is 9.75. The summed E-state index contributed by atoms with van der Waals surface area (Å²) in [4.78, 5) is 16.2. The van der Waals surface area contributed by atoms with Crippen molar-refractivity contribution in [3.63, 3.8) is 0 Å². The molecule has 0 aliphatic heterocycles. The number of H-pyrrole nitrogens is 1. The van der Waals surface area contributed by atoms with Crippen molar-refractivity contribution in [3.05, 3.63) is 98.3 Å². The number of benzene rings is 3. The third kappa shape index (κ3) is 6.47. The quantitative estimate of drug-likeness (QED) is 0.191. The van der Waals surface area contributed by atoms with E-state index in [1.807, 2.05) is 36.4 Å². The number of ether oxygens (including phenoxy) is 1. The van der Waals surface area contributed by atoms with Gasteiger partial charge < -0.3 is 9.84 Å². The lowest BCUT2D eigenvalue weighted by molar-refractivity contribution is -0.131. The van der Waals surface area contributed by atoms with E-state index in [1.54, 1.807) is 42.5 Å². The standard InChI is InChI=1S/C24H17BrClN3O3S/c25-18-7-1-16(2-8-18)14-32-20-11-3-15(4-12-20)13-21(23(30)31)33-24-27-22(28-29-24)17-5-9-19(26)10-6-17/h1-13H,14H2,(H,30,31)(H,27,28,29)/b21-13-. The molecule has 0 aliphatic rings. The molecular weight excluding hydrogens is 526 g/mol. The highest BCUT2D eigenvalue weighted by atomic mass is 79.9. The number of nitrogens with zero attached hydrogens (tertiary/aromatic N) is 2. The van der Waals surface area contributed by atoms with Gasteiger partial charge in [0.1, 0.15) is 17.3 Å². The van der Waals surface area contributed by atoms with Crippen molar-refractivity contribution >= 4 is 51.3 Å². The third-order valence-electron chi connectivity index (χ3n) is 4.49. The minimum Gasteiger partial charge on any atom is -0.489 e. The second-order valence-electron chi connectivity index (χ2n) is 6.87. The van der Waals surface area contributed by atoms with Crippen LogP contribution < -0.4 is 4.74 Å². The monoisotopic (exact) mass is 541 g/mol. The van der Waals surface area contributed by atoms with E-state index in [1.165, 1.54) is 0 Å². The van der Waals surface area contributed by atoms with Gasteiger partial charge in [-0.3, -0.25) is 5.10 Å². The molecule has 0 amide bonds. The maximum absolute atomic E-state index is 11.8. The Morgan fingerprint density at radius 2 is 1.76 bits per heavy atom. The summed E-state index contributed by atoms with van der Waals surface area (Å²) in [5.74, 6) is 0.167. The Labute approximate surface area is 207 Å². The van der Waals surface area contributed by atoms with Crippen molar-refractivity contribution in [2.45, 2.75) is 11.8 Å². The average Bonchev–Trinajstić information content (AvgIpc) is 3.28. The second-order valence-corrected chi connectivity index (χ2v) is 9.23. The van der Waals surface area contributed by atoms with Crippen molar-refractivity contribution in [1.82, 2.24) is 15.2 Å². The van der Waals surface area contributed by atoms with Gasteiger partial charge in [0.05, 0.1) is 0 Å². The molecule has 0 saturated heterocycles. The largest absolute Gasteiger partial charge is 0.489 e. The van der Waals surface area contributed by atoms with Crippen LogP contribution in [0.15, 0.2) is 87.3 Å². The molecule has 0 aliphatic carbocycles. The number of hydrogen-bond acceptors (Lipinski definition) is 5. The minimum atomic E-state index is -1.06. The molecule has 0 unspecified atom stereocenters. The van der Waals surface area contributed by atoms with E-state index < -0.39 is 5.97 Å². The fraction of sp³-hybridized carbons (Fsp3) is 0.0417. The number of carboxylic acid groups (broad SMARTS) is 1. The summed E-state index contributed by atoms with van der Waals surface area (Å²) in [7, 11) is 0. The fourth-order valence-electron chi connectivity index (χ4n) is 2.82. The van der Waals surface area contributed by atoms with Crippen molar-refractivity contribution in [3.8, 4) is 17.1 Å². The van der Waals surface area contributed by atoms with Crippen LogP contribution in [0.25, 0.3) is 17.5 Å². The van der Waals surface area contributed by atoms with Gasteiger partial charge in [-0.05, 0) is 77.5 Å². The molecular formula is C24H17BrClN3O3S. The summed E-state index contributed by atoms with van der Waals surface area (Å²) in [6, 6.07) is 22.2. The second kappa shape index (κ2) is 10.7. The van der Waals surface area contributed by atoms with Crippen molar-refractivity contribution in [1.29, 1.82) is 0 Å². The average molecular weight is 543 g/mol. The van der Waals surface area contributed by atoms with Crippen LogP contribution in [0.5, 0.6) is 5.75 Å². The van der Waals surface area contributed by atoms with Crippen LogP contribution in [0.3, 0.4) is 0 Å². The Morgan fingerprint density at radius 3 is 2.42 bits per heavy atom. The molecule has 33 heavy (non-hydrogen) atoms. The molecule has 4 aromatic rings. The molecule has 4 rings (SSSR count). The molecule has 0 bridgehead atoms. The number of carboxylic acids is 1. The van der Waals surface area contributed by atoms with Gasteiger partial charge in [0.25, 0.3) is 0 Å². The number of aromatic amines is 1. The first-order valence-corrected chi connectivity index (χ1v) is 11.7. The van der Waals surface area contributed by atoms with Gasteiger partial charge in [-0.25, -0.2) is 9.78 Å². The lowest BCUT2D eigenvalue weighted by atomic mass is 10.2. The first-order chi connectivity index (χ1) is 16.0. The number of thioether (sulfide) groups is 1. The summed E-state index contributed by atoms with van der Waals surface area (Å²) in [5, 5.41) is 17.5. The first kappa shape index (κ1) is 23.1. The Kier molecular flexibility index (Phi) is 7.49. The van der Waals surface area contributed by atoms with Gasteiger partial charge in [0.15, 0.2) is 5.82 Å². The summed E-state index contributed by atoms with van der Waals surface area (Å²) >= 11 is 10.3. The maximum atomic E-state index is 11.8. The highest BCUT2D eigenvalue weighted by molar-refractivity contribution is 9.10. The normalized spacial score (nSPS) is 11.4. The van der Waals surface area contributed by atoms with Crippen LogP contribution >= 0.6 is 39.3 Å². The number of hydrogen-bond donors (Lipinski definition) is 2. The van der Waals surface area contributed by atoms with Crippen LogP contribution in [0.4, 0.5) is 0 Å². The predicted octanol–water partition coefficient (Wildman–Crippen LogP) is 6.68. The molecule has 0 fully saturated rings. The zero-order chi connectivity index (χ0) is 23.2. The Morgan fingerprint density at radius 1 is 1.06 bits per heavy atom. The molecule has 0 radical (unpaired) electrons. The van der Waals surface area contributed by atoms with E-state index in [9.17, 15) is 9.90 Å². The van der Waals surface area contributed by atoms with Gasteiger partial charge in [0.2, 0.25) is 5.16 Å². The number of nitrogens with one attached hydrogen (secondary N) is 1. The van der Waals surface area contributed by atoms with Crippen LogP contribution in [-0.4, -0.2) is 26.3 Å². The molecule has 3 aromatic carbocycles. The zero-order valence-corrected chi connectivity index (χ0v) is 20.2. The van der Waals surface area contributed by atoms with Crippen molar-refractivity contribution in [2.24, 2.45) is 0 Å². The lowest BCUT2D eigenvalue weighted by Crippen LogP contribution is -1.97. The third-order valence-corrected chi connectivity index (χ3v) is 6.15. The predicted molar refractivity (Wildman–Crippen MR) is 133 cm³/mol. The van der Waals surface area contributed by atoms with Crippen LogP contribution in [0, 0.1) is 0 Å². The molecule has 2 N–H and O–H groups in total. The molecule has 0 spiro atoms. The summed E-state index contributed by atoms with van der Waals surface area (Å²) in [5.41, 5.74) is 2.58. The zero-order valence-electron chi connectivity index (χ0n) is 17.0. The summed E-state index contributed by atoms with van der Waals surface area (Å²) in [6.45, 7) is 0.444. The molecule has 0 saturated carbocycles. The van der Waals surface area contributed by atoms with Crippen molar-refractivity contribution < 1.29 is 14.6 Å². The highest BCUT2D eigenvalue weighted by Gasteiger charge is 2.14. The molecule has 1 heterocycles. The topological polar surface area (TPSA) is 88.1 Å². The fourth-order valence-corrected chi connectivity index (χ4v) is 3.92. The van der Waals surface area contributed by atoms with Crippen molar-refractivity contribution in [2.75, 3.05) is 0 Å². The number of halogens is 2. The van der Waals surface area contributed by atoms with Gasteiger partial charge in [0, 0.05) is 15.1 Å². The van der Waals surface area contributed by atoms with Gasteiger partial charge >= 0.3 is 5.97 Å². The van der Waals surface area contributed by atoms with E-state index in [0.29, 0.717) is 28.4 Å². The smallest absolute Gasteiger partial charge is 0.342 e. The summed E-state index contributed by atoms with van der Waals surface area (Å²) in [6.07, 6.45) is 1.57. The molecule has 6 nitrogen and oxygen atoms in total. The van der Waals surface area contributed by atoms with E-state index in [4.69, 9.17) is 16.3 Å². The highest BCUT2D eigenvalue weighted by Crippen LogP contribution is 2.28. The van der Waals surface area contributed by atoms with Crippen LogP contribution in [0.2, 0.25) is 5.02 Å². The Hall–Kier alpha value is -3.07. The van der Waals surface area contributed by atoms with Crippen LogP contribution in [-0.2, 0) is 11.4 Å². The van der Waals surface area contributed by atoms with Gasteiger partial charge in [-0.2, -0.15) is 0 Å². The SMILES string of the molecule is O=C(O)/C(=C/c1ccc(OCc2ccc(Br)cc2)cc1)Sc1n[nH]c(-c2ccc(Cl)cc2)n1. The van der Waals surface area contributed by atoms with E-state index in [0.717, 1.165) is 32.9 Å². The lowest BCUT2D eigenvalue weighted by Gasteiger charge is -2.07.